The summed E-state index contributed by atoms with van der Waals surface area (Å²) in [7, 11) is -4.03. The Balaban J connectivity index is 1.84. The molecule has 0 bridgehead atoms. The van der Waals surface area contributed by atoms with Crippen molar-refractivity contribution in [3.8, 4) is 0 Å². The van der Waals surface area contributed by atoms with Crippen molar-refractivity contribution in [1.82, 2.24) is 10.0 Å². The van der Waals surface area contributed by atoms with E-state index in [1.165, 1.54) is 5.56 Å². The molecule has 0 spiro atoms. The van der Waals surface area contributed by atoms with Crippen molar-refractivity contribution in [3.05, 3.63) is 65.7 Å². The van der Waals surface area contributed by atoms with Crippen molar-refractivity contribution in [2.45, 2.75) is 50.0 Å². The third-order valence-corrected chi connectivity index (χ3v) is 6.08. The number of rotatable bonds is 9. The molecule has 0 saturated heterocycles. The third kappa shape index (κ3) is 6.61. The fraction of sp³-hybridized carbons (Fsp3) is 0.381. The van der Waals surface area contributed by atoms with Crippen molar-refractivity contribution < 1.29 is 22.0 Å². The summed E-state index contributed by atoms with van der Waals surface area (Å²) in [6.07, 6.45) is 0.641. The number of carbonyl (C=O) groups is 1. The van der Waals surface area contributed by atoms with Crippen LogP contribution in [0.1, 0.15) is 39.2 Å². The Morgan fingerprint density at radius 2 is 1.72 bits per heavy atom. The van der Waals surface area contributed by atoms with Crippen LogP contribution < -0.4 is 10.0 Å². The van der Waals surface area contributed by atoms with Gasteiger partial charge in [0.05, 0.1) is 4.90 Å². The minimum absolute atomic E-state index is 0.0704. The lowest BCUT2D eigenvalue weighted by atomic mass is 9.79. The number of amides is 1. The molecule has 158 valence electrons. The minimum atomic E-state index is -4.03. The molecule has 0 aliphatic rings. The largest absolute Gasteiger partial charge is 0.354 e. The van der Waals surface area contributed by atoms with E-state index in [0.29, 0.717) is 12.5 Å². The molecule has 1 unspecified atom stereocenters. The standard InChI is InChI=1S/C21H26F2N2O3S/c1-15(14-21(2,3)16-7-5-4-6-8-16)25-20(26)11-12-24-29(27,28)17-9-10-18(22)19(23)13-17/h4-10,13,15,24H,11-12,14H2,1-3H3,(H,25,26). The first-order chi connectivity index (χ1) is 13.5. The minimum Gasteiger partial charge on any atom is -0.354 e. The molecule has 0 aromatic heterocycles. The van der Waals surface area contributed by atoms with Crippen LogP contribution in [0.5, 0.6) is 0 Å². The zero-order valence-electron chi connectivity index (χ0n) is 16.7. The highest BCUT2D eigenvalue weighted by Gasteiger charge is 2.24. The lowest BCUT2D eigenvalue weighted by Crippen LogP contribution is -2.38. The van der Waals surface area contributed by atoms with Gasteiger partial charge in [-0.3, -0.25) is 4.79 Å². The van der Waals surface area contributed by atoms with Gasteiger partial charge in [-0.15, -0.1) is 0 Å². The quantitative estimate of drug-likeness (QED) is 0.647. The third-order valence-electron chi connectivity index (χ3n) is 4.62. The summed E-state index contributed by atoms with van der Waals surface area (Å²) in [6.45, 7) is 5.94. The molecule has 29 heavy (non-hydrogen) atoms. The first kappa shape index (κ1) is 23.0. The number of hydrogen-bond acceptors (Lipinski definition) is 3. The van der Waals surface area contributed by atoms with Crippen LogP contribution in [-0.4, -0.2) is 26.9 Å². The number of benzene rings is 2. The van der Waals surface area contributed by atoms with Crippen LogP contribution in [0, 0.1) is 11.6 Å². The molecule has 0 heterocycles. The number of sulfonamides is 1. The van der Waals surface area contributed by atoms with Gasteiger partial charge in [0.15, 0.2) is 11.6 Å². The van der Waals surface area contributed by atoms with E-state index in [-0.39, 0.29) is 30.3 Å². The van der Waals surface area contributed by atoms with Crippen molar-refractivity contribution in [1.29, 1.82) is 0 Å². The average Bonchev–Trinajstić information content (AvgIpc) is 2.63. The van der Waals surface area contributed by atoms with Gasteiger partial charge in [0.2, 0.25) is 15.9 Å². The Morgan fingerprint density at radius 1 is 1.07 bits per heavy atom. The molecule has 0 radical (unpaired) electrons. The number of carbonyl (C=O) groups excluding carboxylic acids is 1. The van der Waals surface area contributed by atoms with E-state index in [1.807, 2.05) is 37.3 Å². The fourth-order valence-electron chi connectivity index (χ4n) is 3.20. The Kier molecular flexibility index (Phi) is 7.48. The molecule has 1 atom stereocenters. The molecule has 2 aromatic carbocycles. The number of nitrogens with one attached hydrogen (secondary N) is 2. The fourth-order valence-corrected chi connectivity index (χ4v) is 4.24. The second kappa shape index (κ2) is 9.45. The molecular formula is C21H26F2N2O3S. The number of hydrogen-bond donors (Lipinski definition) is 2. The predicted molar refractivity (Wildman–Crippen MR) is 108 cm³/mol. The van der Waals surface area contributed by atoms with Crippen molar-refractivity contribution in [2.75, 3.05) is 6.54 Å². The van der Waals surface area contributed by atoms with Gasteiger partial charge in [-0.05, 0) is 42.5 Å². The van der Waals surface area contributed by atoms with Crippen LogP contribution in [0.3, 0.4) is 0 Å². The summed E-state index contributed by atoms with van der Waals surface area (Å²) < 4.78 is 52.6. The predicted octanol–water partition coefficient (Wildman–Crippen LogP) is 3.51. The first-order valence-corrected chi connectivity index (χ1v) is 10.8. The van der Waals surface area contributed by atoms with E-state index in [2.05, 4.69) is 23.9 Å². The second-order valence-corrected chi connectivity index (χ2v) is 9.41. The van der Waals surface area contributed by atoms with Crippen LogP contribution >= 0.6 is 0 Å². The molecule has 8 heteroatoms. The maximum atomic E-state index is 13.2. The SMILES string of the molecule is CC(CC(C)(C)c1ccccc1)NC(=O)CCNS(=O)(=O)c1ccc(F)c(F)c1. The molecule has 0 aliphatic carbocycles. The average molecular weight is 425 g/mol. The Labute approximate surface area is 170 Å². The summed E-state index contributed by atoms with van der Waals surface area (Å²) in [4.78, 5) is 11.7. The van der Waals surface area contributed by atoms with E-state index in [0.717, 1.165) is 12.1 Å². The topological polar surface area (TPSA) is 75.3 Å². The van der Waals surface area contributed by atoms with Crippen molar-refractivity contribution >= 4 is 15.9 Å². The van der Waals surface area contributed by atoms with Crippen LogP contribution in [0.2, 0.25) is 0 Å². The normalized spacial score (nSPS) is 13.1. The van der Waals surface area contributed by atoms with Crippen molar-refractivity contribution in [3.63, 3.8) is 0 Å². The van der Waals surface area contributed by atoms with E-state index in [4.69, 9.17) is 0 Å². The van der Waals surface area contributed by atoms with Gasteiger partial charge in [0.1, 0.15) is 0 Å². The summed E-state index contributed by atoms with van der Waals surface area (Å²) in [5.74, 6) is -2.68. The lowest BCUT2D eigenvalue weighted by Gasteiger charge is -2.29. The maximum absolute atomic E-state index is 13.2. The Hall–Kier alpha value is -2.32. The summed E-state index contributed by atoms with van der Waals surface area (Å²) in [5.41, 5.74) is 1.03. The molecule has 5 nitrogen and oxygen atoms in total. The van der Waals surface area contributed by atoms with Gasteiger partial charge >= 0.3 is 0 Å². The molecule has 0 fully saturated rings. The smallest absolute Gasteiger partial charge is 0.240 e. The highest BCUT2D eigenvalue weighted by molar-refractivity contribution is 7.89. The van der Waals surface area contributed by atoms with Crippen molar-refractivity contribution in [2.24, 2.45) is 0 Å². The van der Waals surface area contributed by atoms with Crippen LogP contribution in [0.15, 0.2) is 53.4 Å². The molecular weight excluding hydrogens is 398 g/mol. The van der Waals surface area contributed by atoms with Gasteiger partial charge in [-0.1, -0.05) is 44.2 Å². The zero-order valence-corrected chi connectivity index (χ0v) is 17.5. The highest BCUT2D eigenvalue weighted by atomic mass is 32.2. The van der Waals surface area contributed by atoms with Gasteiger partial charge in [0, 0.05) is 19.0 Å². The summed E-state index contributed by atoms with van der Waals surface area (Å²) in [6, 6.07) is 12.2. The Bertz CT molecular complexity index is 948. The molecule has 0 saturated carbocycles. The molecule has 2 aromatic rings. The van der Waals surface area contributed by atoms with Gasteiger partial charge in [-0.2, -0.15) is 0 Å². The van der Waals surface area contributed by atoms with E-state index in [9.17, 15) is 22.0 Å². The van der Waals surface area contributed by atoms with Crippen LogP contribution in [0.4, 0.5) is 8.78 Å². The van der Waals surface area contributed by atoms with E-state index >= 15 is 0 Å². The second-order valence-electron chi connectivity index (χ2n) is 7.65. The molecule has 1 amide bonds. The van der Waals surface area contributed by atoms with Gasteiger partial charge in [0.25, 0.3) is 0 Å². The highest BCUT2D eigenvalue weighted by Crippen LogP contribution is 2.28. The summed E-state index contributed by atoms with van der Waals surface area (Å²) >= 11 is 0. The zero-order chi connectivity index (χ0) is 21.7. The summed E-state index contributed by atoms with van der Waals surface area (Å²) in [5, 5.41) is 2.87. The van der Waals surface area contributed by atoms with Gasteiger partial charge < -0.3 is 5.32 Å². The Morgan fingerprint density at radius 3 is 2.34 bits per heavy atom. The molecule has 2 N–H and O–H groups in total. The maximum Gasteiger partial charge on any atom is 0.240 e. The monoisotopic (exact) mass is 424 g/mol. The first-order valence-electron chi connectivity index (χ1n) is 9.31. The van der Waals surface area contributed by atoms with Crippen LogP contribution in [0.25, 0.3) is 0 Å². The molecule has 0 aliphatic heterocycles. The van der Waals surface area contributed by atoms with Crippen LogP contribution in [-0.2, 0) is 20.2 Å². The van der Waals surface area contributed by atoms with E-state index < -0.39 is 26.6 Å². The van der Waals surface area contributed by atoms with E-state index in [1.54, 1.807) is 0 Å². The number of halogens is 2. The van der Waals surface area contributed by atoms with Gasteiger partial charge in [-0.25, -0.2) is 21.9 Å². The molecule has 2 rings (SSSR count). The lowest BCUT2D eigenvalue weighted by molar-refractivity contribution is -0.121.